The zero-order valence-electron chi connectivity index (χ0n) is 11.9. The maximum atomic E-state index is 11.6. The van der Waals surface area contributed by atoms with Gasteiger partial charge in [-0.2, -0.15) is 0 Å². The van der Waals surface area contributed by atoms with Crippen molar-refractivity contribution in [2.24, 2.45) is 0 Å². The van der Waals surface area contributed by atoms with Crippen molar-refractivity contribution in [1.82, 2.24) is 5.32 Å². The molecule has 0 fully saturated rings. The van der Waals surface area contributed by atoms with Gasteiger partial charge < -0.3 is 19.9 Å². The van der Waals surface area contributed by atoms with E-state index in [0.29, 0.717) is 0 Å². The molecular weight excluding hydrogens is 254 g/mol. The average Bonchev–Trinajstić information content (AvgIpc) is 2.19. The van der Waals surface area contributed by atoms with E-state index in [9.17, 15) is 14.4 Å². The second-order valence-electron chi connectivity index (χ2n) is 5.03. The minimum Gasteiger partial charge on any atom is -0.478 e. The molecule has 19 heavy (non-hydrogen) atoms. The van der Waals surface area contributed by atoms with Crippen molar-refractivity contribution in [3.63, 3.8) is 0 Å². The van der Waals surface area contributed by atoms with E-state index in [-0.39, 0.29) is 6.42 Å². The second kappa shape index (κ2) is 6.96. The first-order valence-electron chi connectivity index (χ1n) is 5.96. The molecule has 0 aromatic heterocycles. The summed E-state index contributed by atoms with van der Waals surface area (Å²) in [5, 5.41) is 11.4. The lowest BCUT2D eigenvalue weighted by Gasteiger charge is -2.26. The number of nitrogens with one attached hydrogen (secondary N) is 1. The second-order valence-corrected chi connectivity index (χ2v) is 5.03. The Hall–Kier alpha value is -1.79. The van der Waals surface area contributed by atoms with Crippen LogP contribution < -0.4 is 5.32 Å². The molecule has 0 bridgehead atoms. The summed E-state index contributed by atoms with van der Waals surface area (Å²) in [6.07, 6.45) is -1.91. The number of ether oxygens (including phenoxy) is 2. The number of rotatable bonds is 5. The maximum Gasteiger partial charge on any atom is 0.408 e. The number of hydrogen-bond acceptors (Lipinski definition) is 5. The van der Waals surface area contributed by atoms with Gasteiger partial charge in [0.1, 0.15) is 5.60 Å². The van der Waals surface area contributed by atoms with Crippen molar-refractivity contribution in [3.05, 3.63) is 0 Å². The van der Waals surface area contributed by atoms with Gasteiger partial charge in [0.05, 0.1) is 6.04 Å². The van der Waals surface area contributed by atoms with Crippen LogP contribution in [0.25, 0.3) is 0 Å². The number of aliphatic carboxylic acids is 1. The van der Waals surface area contributed by atoms with E-state index in [1.165, 1.54) is 0 Å². The fraction of sp³-hybridized carbons (Fsp3) is 0.750. The van der Waals surface area contributed by atoms with Crippen LogP contribution in [0.2, 0.25) is 0 Å². The Morgan fingerprint density at radius 2 is 1.79 bits per heavy atom. The third kappa shape index (κ3) is 7.28. The number of carboxylic acid groups (broad SMARTS) is 1. The lowest BCUT2D eigenvalue weighted by atomic mass is 10.1. The molecule has 7 heteroatoms. The van der Waals surface area contributed by atoms with E-state index in [2.05, 4.69) is 10.1 Å². The van der Waals surface area contributed by atoms with Crippen LogP contribution >= 0.6 is 0 Å². The van der Waals surface area contributed by atoms with Crippen molar-refractivity contribution < 1.29 is 29.0 Å². The number of carbonyl (C=O) groups is 3. The summed E-state index contributed by atoms with van der Waals surface area (Å²) in [6, 6.07) is -0.851. The van der Waals surface area contributed by atoms with Crippen molar-refractivity contribution in [3.8, 4) is 0 Å². The van der Waals surface area contributed by atoms with Crippen LogP contribution in [0.15, 0.2) is 0 Å². The summed E-state index contributed by atoms with van der Waals surface area (Å²) in [5.74, 6) is -2.05. The van der Waals surface area contributed by atoms with Crippen LogP contribution in [0.5, 0.6) is 0 Å². The molecule has 0 aliphatic heterocycles. The molecule has 1 amide bonds. The van der Waals surface area contributed by atoms with Crippen LogP contribution in [-0.4, -0.2) is 40.9 Å². The highest BCUT2D eigenvalue weighted by Gasteiger charge is 2.32. The summed E-state index contributed by atoms with van der Waals surface area (Å²) >= 11 is 0. The summed E-state index contributed by atoms with van der Waals surface area (Å²) < 4.78 is 9.71. The Morgan fingerprint density at radius 3 is 2.11 bits per heavy atom. The Balaban J connectivity index is 4.73. The Kier molecular flexibility index (Phi) is 6.31. The first kappa shape index (κ1) is 17.2. The van der Waals surface area contributed by atoms with E-state index in [1.807, 2.05) is 0 Å². The maximum absolute atomic E-state index is 11.6. The number of amides is 1. The Bertz CT molecular complexity index is 347. The molecule has 0 radical (unpaired) electrons. The molecule has 0 aromatic rings. The fourth-order valence-electron chi connectivity index (χ4n) is 1.33. The van der Waals surface area contributed by atoms with Crippen LogP contribution in [0.1, 0.15) is 41.0 Å². The van der Waals surface area contributed by atoms with Gasteiger partial charge in [-0.05, 0) is 27.2 Å². The zero-order chi connectivity index (χ0) is 15.2. The van der Waals surface area contributed by atoms with Crippen LogP contribution in [-0.2, 0) is 19.1 Å². The van der Waals surface area contributed by atoms with E-state index < -0.39 is 35.8 Å². The molecule has 1 unspecified atom stereocenters. The topological polar surface area (TPSA) is 102 Å². The van der Waals surface area contributed by atoms with Gasteiger partial charge >= 0.3 is 18.0 Å². The average molecular weight is 275 g/mol. The number of carbonyl (C=O) groups excluding carboxylic acids is 2. The first-order chi connectivity index (χ1) is 8.56. The normalized spacial score (nSPS) is 14.2. The van der Waals surface area contributed by atoms with E-state index in [0.717, 1.165) is 6.92 Å². The van der Waals surface area contributed by atoms with Gasteiger partial charge in [0.2, 0.25) is 6.10 Å². The predicted molar refractivity (Wildman–Crippen MR) is 66.6 cm³/mol. The third-order valence-electron chi connectivity index (χ3n) is 2.04. The van der Waals surface area contributed by atoms with Gasteiger partial charge in [-0.1, -0.05) is 6.92 Å². The molecule has 7 nitrogen and oxygen atoms in total. The number of alkyl carbamates (subject to hydrolysis) is 1. The minimum atomic E-state index is -1.44. The highest BCUT2D eigenvalue weighted by molar-refractivity contribution is 5.79. The molecule has 0 aliphatic carbocycles. The molecule has 110 valence electrons. The molecule has 0 spiro atoms. The zero-order valence-corrected chi connectivity index (χ0v) is 11.9. The lowest BCUT2D eigenvalue weighted by molar-refractivity contribution is -0.164. The summed E-state index contributed by atoms with van der Waals surface area (Å²) in [6.45, 7) is 7.84. The van der Waals surface area contributed by atoms with Gasteiger partial charge in [-0.3, -0.25) is 4.79 Å². The fourth-order valence-corrected chi connectivity index (χ4v) is 1.33. The summed E-state index contributed by atoms with van der Waals surface area (Å²) in [7, 11) is 0. The highest BCUT2D eigenvalue weighted by Crippen LogP contribution is 2.10. The van der Waals surface area contributed by atoms with Crippen molar-refractivity contribution in [2.45, 2.75) is 58.8 Å². The Morgan fingerprint density at radius 1 is 1.26 bits per heavy atom. The van der Waals surface area contributed by atoms with E-state index in [4.69, 9.17) is 9.84 Å². The first-order valence-corrected chi connectivity index (χ1v) is 5.96. The van der Waals surface area contributed by atoms with Gasteiger partial charge in [-0.25, -0.2) is 9.59 Å². The quantitative estimate of drug-likeness (QED) is 0.733. The lowest BCUT2D eigenvalue weighted by Crippen LogP contribution is -2.49. The molecule has 0 saturated heterocycles. The highest BCUT2D eigenvalue weighted by atomic mass is 16.6. The van der Waals surface area contributed by atoms with Crippen LogP contribution in [0, 0.1) is 0 Å². The van der Waals surface area contributed by atoms with Gasteiger partial charge in [0, 0.05) is 6.92 Å². The van der Waals surface area contributed by atoms with Crippen molar-refractivity contribution in [2.75, 3.05) is 0 Å². The monoisotopic (exact) mass is 275 g/mol. The van der Waals surface area contributed by atoms with Crippen LogP contribution in [0.3, 0.4) is 0 Å². The molecule has 0 rings (SSSR count). The largest absolute Gasteiger partial charge is 0.478 e. The van der Waals surface area contributed by atoms with Crippen LogP contribution in [0.4, 0.5) is 4.79 Å². The van der Waals surface area contributed by atoms with Crippen molar-refractivity contribution in [1.29, 1.82) is 0 Å². The Labute approximate surface area is 112 Å². The predicted octanol–water partition coefficient (Wildman–Crippen LogP) is 1.31. The number of hydrogen-bond donors (Lipinski definition) is 2. The van der Waals surface area contributed by atoms with E-state index in [1.54, 1.807) is 27.7 Å². The van der Waals surface area contributed by atoms with Crippen molar-refractivity contribution >= 4 is 18.0 Å². The third-order valence-corrected chi connectivity index (χ3v) is 2.04. The molecule has 0 aromatic carbocycles. The van der Waals surface area contributed by atoms with Gasteiger partial charge in [0.15, 0.2) is 0 Å². The number of carboxylic acids is 1. The molecule has 0 heterocycles. The molecule has 0 aliphatic rings. The van der Waals surface area contributed by atoms with Gasteiger partial charge in [-0.15, -0.1) is 0 Å². The van der Waals surface area contributed by atoms with Gasteiger partial charge in [0.25, 0.3) is 0 Å². The molecule has 2 atom stereocenters. The van der Waals surface area contributed by atoms with E-state index >= 15 is 0 Å². The summed E-state index contributed by atoms with van der Waals surface area (Å²) in [5.41, 5.74) is -0.692. The molecular formula is C12H21NO6. The minimum absolute atomic E-state index is 0.281. The standard InChI is InChI=1S/C12H21NO6/c1-6-8(9(10(15)16)18-7(2)14)13-11(17)19-12(3,4)5/h8-9H,6H2,1-5H3,(H,13,17)(H,15,16)/t8?,9-/m0/s1. The molecule has 2 N–H and O–H groups in total. The SMILES string of the molecule is CCC(NC(=O)OC(C)(C)C)[C@H](OC(C)=O)C(=O)O. The smallest absolute Gasteiger partial charge is 0.408 e. The number of esters is 1. The molecule has 0 saturated carbocycles. The summed E-state index contributed by atoms with van der Waals surface area (Å²) in [4.78, 5) is 33.5.